The Hall–Kier alpha value is -5.48. The van der Waals surface area contributed by atoms with Gasteiger partial charge in [-0.05, 0) is 52.3 Å². The number of carbonyl (C=O) groups is 6. The number of nitrogens with one attached hydrogen (secondary N) is 2. The molecule has 16 nitrogen and oxygen atoms in total. The van der Waals surface area contributed by atoms with Gasteiger partial charge in [0.1, 0.15) is 39.6 Å². The van der Waals surface area contributed by atoms with Crippen molar-refractivity contribution >= 4 is 47.4 Å². The number of ether oxygens (including phenoxy) is 6. The van der Waals surface area contributed by atoms with E-state index >= 15 is 0 Å². The Morgan fingerprint density at radius 2 is 0.882 bits per heavy atom. The number of amides is 2. The van der Waals surface area contributed by atoms with E-state index in [2.05, 4.69) is 36.9 Å². The summed E-state index contributed by atoms with van der Waals surface area (Å²) in [6, 6.07) is 4.44. The summed E-state index contributed by atoms with van der Waals surface area (Å²) in [7, 11) is 0. The number of benzene rings is 1. The Morgan fingerprint density at radius 1 is 0.569 bits per heavy atom. The second-order valence-electron chi connectivity index (χ2n) is 12.2. The topological polar surface area (TPSA) is 222 Å². The highest BCUT2D eigenvalue weighted by molar-refractivity contribution is 5.90. The highest BCUT2D eigenvalue weighted by Crippen LogP contribution is 2.25. The van der Waals surface area contributed by atoms with E-state index in [9.17, 15) is 39.0 Å². The fourth-order valence-corrected chi connectivity index (χ4v) is 3.46. The third-order valence-electron chi connectivity index (χ3n) is 6.84. The molecule has 0 radical (unpaired) electrons. The molecule has 16 heteroatoms. The predicted molar refractivity (Wildman–Crippen MR) is 183 cm³/mol. The molecule has 0 bridgehead atoms. The number of esters is 4. The van der Waals surface area contributed by atoms with E-state index in [0.29, 0.717) is 5.56 Å². The predicted octanol–water partition coefficient (Wildman–Crippen LogP) is 3.53. The van der Waals surface area contributed by atoms with Crippen molar-refractivity contribution < 1.29 is 67.4 Å². The smallest absolute Gasteiger partial charge is 0.411 e. The molecule has 1 rings (SSSR count). The molecule has 280 valence electrons. The van der Waals surface area contributed by atoms with Crippen molar-refractivity contribution in [3.63, 3.8) is 0 Å². The average molecular weight is 719 g/mol. The van der Waals surface area contributed by atoms with Gasteiger partial charge in [0.2, 0.25) is 0 Å². The van der Waals surface area contributed by atoms with Gasteiger partial charge >= 0.3 is 36.1 Å². The van der Waals surface area contributed by atoms with Crippen LogP contribution in [0.5, 0.6) is 0 Å². The Bertz CT molecular complexity index is 1470. The maximum absolute atomic E-state index is 12.8. The van der Waals surface area contributed by atoms with Crippen LogP contribution in [0.2, 0.25) is 0 Å². The largest absolute Gasteiger partial charge is 0.461 e. The lowest BCUT2D eigenvalue weighted by Crippen LogP contribution is -2.43. The highest BCUT2D eigenvalue weighted by atomic mass is 16.6. The van der Waals surface area contributed by atoms with Gasteiger partial charge in [-0.15, -0.1) is 0 Å². The van der Waals surface area contributed by atoms with Gasteiger partial charge in [0.15, 0.2) is 0 Å². The molecular formula is C35H46N2O14. The maximum Gasteiger partial charge on any atom is 0.411 e. The number of aliphatic hydroxyl groups excluding tert-OH is 2. The van der Waals surface area contributed by atoms with Crippen LogP contribution in [-0.2, 0) is 47.6 Å². The molecule has 2 amide bonds. The first-order valence-corrected chi connectivity index (χ1v) is 15.3. The van der Waals surface area contributed by atoms with Crippen LogP contribution in [0.25, 0.3) is 0 Å². The van der Waals surface area contributed by atoms with Crippen molar-refractivity contribution in [2.24, 2.45) is 10.8 Å². The van der Waals surface area contributed by atoms with Gasteiger partial charge in [0.25, 0.3) is 0 Å². The first kappa shape index (κ1) is 43.5. The van der Waals surface area contributed by atoms with Gasteiger partial charge in [-0.2, -0.15) is 0 Å². The van der Waals surface area contributed by atoms with Crippen LogP contribution in [0, 0.1) is 17.8 Å². The summed E-state index contributed by atoms with van der Waals surface area (Å²) >= 11 is 0. The zero-order valence-corrected chi connectivity index (χ0v) is 29.5. The zero-order chi connectivity index (χ0) is 38.9. The molecule has 0 aromatic heterocycles. The minimum absolute atomic E-state index is 0.0769. The molecule has 0 heterocycles. The number of hydrogen-bond donors (Lipinski definition) is 4. The van der Waals surface area contributed by atoms with E-state index in [0.717, 1.165) is 0 Å². The summed E-state index contributed by atoms with van der Waals surface area (Å²) in [6.45, 7) is 16.7. The molecule has 0 unspecified atom stereocenters. The van der Waals surface area contributed by atoms with Gasteiger partial charge in [-0.25, -0.2) is 28.8 Å². The number of rotatable bonds is 20. The van der Waals surface area contributed by atoms with Gasteiger partial charge in [0, 0.05) is 33.7 Å². The summed E-state index contributed by atoms with van der Waals surface area (Å²) in [6.07, 6.45) is -2.02. The van der Waals surface area contributed by atoms with Crippen molar-refractivity contribution in [3.05, 3.63) is 72.4 Å². The maximum atomic E-state index is 12.8. The van der Waals surface area contributed by atoms with E-state index < -0.39 is 99.7 Å². The van der Waals surface area contributed by atoms with E-state index in [1.165, 1.54) is 39.8 Å². The molecule has 0 fully saturated rings. The Balaban J connectivity index is 3.04. The summed E-state index contributed by atoms with van der Waals surface area (Å²) in [5, 5.41) is 25.3. The zero-order valence-electron chi connectivity index (χ0n) is 29.5. The first-order chi connectivity index (χ1) is 23.8. The number of anilines is 2. The quantitative estimate of drug-likeness (QED) is 0.0861. The fourth-order valence-electron chi connectivity index (χ4n) is 3.46. The van der Waals surface area contributed by atoms with Crippen LogP contribution in [0.1, 0.15) is 33.3 Å². The number of aliphatic hydroxyl groups is 2. The first-order valence-electron chi connectivity index (χ1n) is 15.3. The standard InChI is InChI=1S/C35H46N2O14/c1-21(2)28(40)46-15-34(13-38,16-47-29(41)22(3)4)19-50-32(44)36-26-11-10-25(9)27(12-26)37-33(45)51-20-35(14-39,17-48-30(42)23(5)6)18-49-31(43)24(7)8/h10-12,38-39H,1,3,5,7,13-20H2,2,4,6,8-9H3,(H,36,44)(H,37,45). The fraction of sp³-hybridized carbons (Fsp3) is 0.429. The second kappa shape index (κ2) is 20.3. The molecule has 1 aromatic carbocycles. The lowest BCUT2D eigenvalue weighted by molar-refractivity contribution is -0.155. The molecular weight excluding hydrogens is 672 g/mol. The molecule has 1 aromatic rings. The normalized spacial score (nSPS) is 10.9. The third-order valence-corrected chi connectivity index (χ3v) is 6.84. The number of hydrogen-bond acceptors (Lipinski definition) is 14. The molecule has 0 atom stereocenters. The number of aryl methyl sites for hydroxylation is 1. The summed E-state index contributed by atoms with van der Waals surface area (Å²) in [5.41, 5.74) is -1.87. The Labute approximate surface area is 296 Å². The van der Waals surface area contributed by atoms with Crippen LogP contribution in [-0.4, -0.2) is 99.1 Å². The van der Waals surface area contributed by atoms with Crippen LogP contribution < -0.4 is 10.6 Å². The lowest BCUT2D eigenvalue weighted by atomic mass is 9.92. The van der Waals surface area contributed by atoms with Crippen molar-refractivity contribution in [1.82, 2.24) is 0 Å². The van der Waals surface area contributed by atoms with Crippen molar-refractivity contribution in [2.75, 3.05) is 63.5 Å². The molecule has 0 aliphatic carbocycles. The second-order valence-corrected chi connectivity index (χ2v) is 12.2. The van der Waals surface area contributed by atoms with Crippen molar-refractivity contribution in [1.29, 1.82) is 0 Å². The molecule has 51 heavy (non-hydrogen) atoms. The van der Waals surface area contributed by atoms with Gasteiger partial charge < -0.3 is 38.6 Å². The molecule has 0 saturated heterocycles. The molecule has 0 aliphatic heterocycles. The molecule has 0 saturated carbocycles. The third kappa shape index (κ3) is 14.9. The van der Waals surface area contributed by atoms with Gasteiger partial charge in [0.05, 0.1) is 24.0 Å². The summed E-state index contributed by atoms with van der Waals surface area (Å²) < 4.78 is 31.2. The summed E-state index contributed by atoms with van der Waals surface area (Å²) in [5.74, 6) is -3.11. The molecule has 4 N–H and O–H groups in total. The van der Waals surface area contributed by atoms with E-state index in [-0.39, 0.29) is 33.7 Å². The highest BCUT2D eigenvalue weighted by Gasteiger charge is 2.37. The number of carbonyl (C=O) groups excluding carboxylic acids is 6. The van der Waals surface area contributed by atoms with Gasteiger partial charge in [-0.3, -0.25) is 10.6 Å². The minimum atomic E-state index is -1.54. The van der Waals surface area contributed by atoms with E-state index in [4.69, 9.17) is 28.4 Å². The van der Waals surface area contributed by atoms with Gasteiger partial charge in [-0.1, -0.05) is 32.4 Å². The van der Waals surface area contributed by atoms with E-state index in [1.54, 1.807) is 13.0 Å². The van der Waals surface area contributed by atoms with Crippen LogP contribution in [0.4, 0.5) is 21.0 Å². The molecule has 0 aliphatic rings. The summed E-state index contributed by atoms with van der Waals surface area (Å²) in [4.78, 5) is 73.6. The minimum Gasteiger partial charge on any atom is -0.461 e. The Kier molecular flexibility index (Phi) is 17.3. The van der Waals surface area contributed by atoms with Crippen molar-refractivity contribution in [2.45, 2.75) is 34.6 Å². The average Bonchev–Trinajstić information content (AvgIpc) is 3.08. The van der Waals surface area contributed by atoms with Crippen LogP contribution in [0.15, 0.2) is 66.8 Å². The van der Waals surface area contributed by atoms with Crippen molar-refractivity contribution in [3.8, 4) is 0 Å². The van der Waals surface area contributed by atoms with Crippen LogP contribution in [0.3, 0.4) is 0 Å². The molecule has 0 spiro atoms. The monoisotopic (exact) mass is 718 g/mol. The SMILES string of the molecule is C=C(C)C(=O)OCC(CO)(COC(=O)Nc1ccc(C)c(NC(=O)OCC(CO)(COC(=O)C(=C)C)COC(=O)C(=C)C)c1)COC(=O)C(=C)C. The van der Waals surface area contributed by atoms with Crippen LogP contribution >= 0.6 is 0 Å². The van der Waals surface area contributed by atoms with E-state index in [1.807, 2.05) is 0 Å². The Morgan fingerprint density at radius 3 is 1.20 bits per heavy atom. The lowest BCUT2D eigenvalue weighted by Gasteiger charge is -2.30.